The van der Waals surface area contributed by atoms with E-state index in [1.54, 1.807) is 0 Å². The maximum absolute atomic E-state index is 13.4. The molecule has 43 heavy (non-hydrogen) atoms. The van der Waals surface area contributed by atoms with Gasteiger partial charge in [0.05, 0.1) is 12.5 Å². The lowest BCUT2D eigenvalue weighted by atomic mass is 10.0. The Morgan fingerprint density at radius 3 is 1.67 bits per heavy atom. The van der Waals surface area contributed by atoms with Crippen molar-refractivity contribution in [1.29, 1.82) is 0 Å². The van der Waals surface area contributed by atoms with Crippen molar-refractivity contribution >= 4 is 41.5 Å². The number of nitrogens with two attached hydrogens (primary N) is 6. The molecule has 1 rings (SSSR count). The first-order valence-corrected chi connectivity index (χ1v) is 13.3. The molecule has 0 spiro atoms. The van der Waals surface area contributed by atoms with E-state index in [2.05, 4.69) is 25.9 Å². The minimum Gasteiger partial charge on any atom is -0.508 e. The molecule has 0 heterocycles. The summed E-state index contributed by atoms with van der Waals surface area (Å²) in [5, 5.41) is 26.6. The van der Waals surface area contributed by atoms with Crippen molar-refractivity contribution in [3.63, 3.8) is 0 Å². The fraction of sp³-hybridized carbons (Fsp3) is 0.480. The van der Waals surface area contributed by atoms with Crippen LogP contribution in [0.5, 0.6) is 5.75 Å². The standard InChI is InChI=1S/C25H41N11O7/c26-15(12-19(27)38)20(39)34-16(3-1-9-32-24(28)29)21(40)36-18(11-13-5-7-14(37)8-6-13)22(41)35-17(23(42)43)4-2-10-33-25(30)31/h5-8,15-18,37H,1-4,9-12,26H2,(H2,27,38)(H,34,39)(H,35,41)(H,36,40)(H,42,43)(H4,28,29,32)(H4,30,31,33). The molecule has 4 amide bonds. The van der Waals surface area contributed by atoms with Gasteiger partial charge in [-0.05, 0) is 43.4 Å². The summed E-state index contributed by atoms with van der Waals surface area (Å²) >= 11 is 0. The van der Waals surface area contributed by atoms with E-state index in [9.17, 15) is 34.2 Å². The van der Waals surface area contributed by atoms with Crippen LogP contribution < -0.4 is 50.4 Å². The average Bonchev–Trinajstić information content (AvgIpc) is 2.91. The molecule has 0 aliphatic carbocycles. The number of primary amides is 1. The quantitative estimate of drug-likeness (QED) is 0.0405. The Hall–Kier alpha value is -5.13. The van der Waals surface area contributed by atoms with Crippen LogP contribution in [0.15, 0.2) is 34.3 Å². The summed E-state index contributed by atoms with van der Waals surface area (Å²) in [6.07, 6.45) is -0.118. The maximum Gasteiger partial charge on any atom is 0.326 e. The number of carbonyl (C=O) groups excluding carboxylic acids is 4. The Morgan fingerprint density at radius 2 is 1.19 bits per heavy atom. The lowest BCUT2D eigenvalue weighted by molar-refractivity contribution is -0.142. The van der Waals surface area contributed by atoms with Gasteiger partial charge in [-0.15, -0.1) is 0 Å². The Bertz CT molecular complexity index is 1170. The number of amides is 4. The predicted octanol–water partition coefficient (Wildman–Crippen LogP) is -4.22. The zero-order valence-electron chi connectivity index (χ0n) is 23.6. The zero-order chi connectivity index (χ0) is 32.5. The third-order valence-corrected chi connectivity index (χ3v) is 5.91. The summed E-state index contributed by atoms with van der Waals surface area (Å²) in [6, 6.07) is 0.565. The third-order valence-electron chi connectivity index (χ3n) is 5.91. The highest BCUT2D eigenvalue weighted by molar-refractivity contribution is 5.95. The molecule has 0 saturated carbocycles. The van der Waals surface area contributed by atoms with E-state index in [0.717, 1.165) is 0 Å². The number of nitrogens with zero attached hydrogens (tertiary/aromatic N) is 2. The van der Waals surface area contributed by atoms with E-state index in [1.807, 2.05) is 0 Å². The second-order valence-corrected chi connectivity index (χ2v) is 9.57. The SMILES string of the molecule is NC(=O)CC(N)C(=O)NC(CCCN=C(N)N)C(=O)NC(Cc1ccc(O)cc1)C(=O)NC(CCCN=C(N)N)C(=O)O. The highest BCUT2D eigenvalue weighted by atomic mass is 16.4. The van der Waals surface area contributed by atoms with Gasteiger partial charge in [0.1, 0.15) is 23.9 Å². The number of carboxylic acids is 1. The van der Waals surface area contributed by atoms with Crippen LogP contribution in [0.1, 0.15) is 37.7 Å². The molecular formula is C25H41N11O7. The number of carboxylic acid groups (broad SMARTS) is 1. The number of guanidine groups is 2. The number of carbonyl (C=O) groups is 5. The lowest BCUT2D eigenvalue weighted by Crippen LogP contribution is -2.57. The number of rotatable bonds is 19. The van der Waals surface area contributed by atoms with Crippen LogP contribution in [0.25, 0.3) is 0 Å². The number of hydrogen-bond acceptors (Lipinski definition) is 9. The molecule has 4 unspecified atom stereocenters. The van der Waals surface area contributed by atoms with Crippen LogP contribution in [0.4, 0.5) is 0 Å². The first kappa shape index (κ1) is 35.9. The van der Waals surface area contributed by atoms with Gasteiger partial charge >= 0.3 is 5.97 Å². The normalized spacial score (nSPS) is 13.3. The number of nitrogens with one attached hydrogen (secondary N) is 3. The van der Waals surface area contributed by atoms with Crippen molar-refractivity contribution in [3.8, 4) is 5.75 Å². The smallest absolute Gasteiger partial charge is 0.326 e. The van der Waals surface area contributed by atoms with E-state index in [-0.39, 0.29) is 62.9 Å². The molecule has 0 radical (unpaired) electrons. The lowest BCUT2D eigenvalue weighted by Gasteiger charge is -2.25. The summed E-state index contributed by atoms with van der Waals surface area (Å²) in [6.45, 7) is 0.252. The molecule has 17 N–H and O–H groups in total. The molecule has 4 atom stereocenters. The number of hydrogen-bond donors (Lipinski definition) is 11. The monoisotopic (exact) mass is 607 g/mol. The molecule has 0 aliphatic heterocycles. The second-order valence-electron chi connectivity index (χ2n) is 9.57. The molecule has 0 aromatic heterocycles. The third kappa shape index (κ3) is 14.9. The fourth-order valence-corrected chi connectivity index (χ4v) is 3.74. The largest absolute Gasteiger partial charge is 0.508 e. The van der Waals surface area contributed by atoms with Gasteiger partial charge in [-0.25, -0.2) is 4.79 Å². The van der Waals surface area contributed by atoms with Crippen molar-refractivity contribution in [2.75, 3.05) is 13.1 Å². The van der Waals surface area contributed by atoms with Crippen LogP contribution in [0.3, 0.4) is 0 Å². The van der Waals surface area contributed by atoms with Crippen molar-refractivity contribution in [3.05, 3.63) is 29.8 Å². The van der Waals surface area contributed by atoms with Crippen LogP contribution >= 0.6 is 0 Å². The minimum absolute atomic E-state index is 0.00767. The highest BCUT2D eigenvalue weighted by Crippen LogP contribution is 2.12. The number of phenols is 1. The van der Waals surface area contributed by atoms with Crippen molar-refractivity contribution in [2.45, 2.75) is 62.7 Å². The average molecular weight is 608 g/mol. The van der Waals surface area contributed by atoms with E-state index in [0.29, 0.717) is 5.56 Å². The Morgan fingerprint density at radius 1 is 0.721 bits per heavy atom. The van der Waals surface area contributed by atoms with Gasteiger partial charge < -0.3 is 60.6 Å². The number of phenolic OH excluding ortho intramolecular Hbond substituents is 1. The summed E-state index contributed by atoms with van der Waals surface area (Å²) in [5.74, 6) is -4.99. The van der Waals surface area contributed by atoms with Crippen LogP contribution in [0.2, 0.25) is 0 Å². The maximum atomic E-state index is 13.4. The summed E-state index contributed by atoms with van der Waals surface area (Å²) in [5.41, 5.74) is 32.6. The topological polar surface area (TPSA) is 343 Å². The first-order valence-electron chi connectivity index (χ1n) is 13.3. The van der Waals surface area contributed by atoms with Crippen LogP contribution in [0, 0.1) is 0 Å². The molecule has 18 nitrogen and oxygen atoms in total. The molecule has 238 valence electrons. The molecule has 0 bridgehead atoms. The van der Waals surface area contributed by atoms with Crippen molar-refractivity contribution in [2.24, 2.45) is 44.4 Å². The van der Waals surface area contributed by atoms with Gasteiger partial charge in [0.25, 0.3) is 0 Å². The molecule has 0 saturated heterocycles. The molecular weight excluding hydrogens is 566 g/mol. The Labute approximate surface area is 247 Å². The number of aliphatic imine (C=N–C) groups is 2. The molecule has 1 aromatic rings. The van der Waals surface area contributed by atoms with Crippen LogP contribution in [-0.4, -0.2) is 89.0 Å². The number of benzene rings is 1. The first-order chi connectivity index (χ1) is 20.2. The number of aliphatic carboxylic acids is 1. The van der Waals surface area contributed by atoms with Gasteiger partial charge in [0.15, 0.2) is 11.9 Å². The van der Waals surface area contributed by atoms with E-state index in [1.165, 1.54) is 24.3 Å². The van der Waals surface area contributed by atoms with Gasteiger partial charge in [0, 0.05) is 19.5 Å². The van der Waals surface area contributed by atoms with E-state index < -0.39 is 60.2 Å². The van der Waals surface area contributed by atoms with Crippen molar-refractivity contribution < 1.29 is 34.2 Å². The summed E-state index contributed by atoms with van der Waals surface area (Å²) in [4.78, 5) is 69.9. The predicted molar refractivity (Wildman–Crippen MR) is 157 cm³/mol. The van der Waals surface area contributed by atoms with E-state index >= 15 is 0 Å². The van der Waals surface area contributed by atoms with Crippen LogP contribution in [-0.2, 0) is 30.4 Å². The van der Waals surface area contributed by atoms with Gasteiger partial charge in [-0.3, -0.25) is 29.2 Å². The molecule has 0 fully saturated rings. The fourth-order valence-electron chi connectivity index (χ4n) is 3.74. The Balaban J connectivity index is 3.19. The van der Waals surface area contributed by atoms with Gasteiger partial charge in [-0.2, -0.15) is 0 Å². The molecule has 1 aromatic carbocycles. The minimum atomic E-state index is -1.34. The highest BCUT2D eigenvalue weighted by Gasteiger charge is 2.30. The van der Waals surface area contributed by atoms with E-state index in [4.69, 9.17) is 34.4 Å². The molecule has 18 heteroatoms. The van der Waals surface area contributed by atoms with Gasteiger partial charge in [-0.1, -0.05) is 12.1 Å². The Kier molecular flexibility index (Phi) is 15.3. The zero-order valence-corrected chi connectivity index (χ0v) is 23.6. The second kappa shape index (κ2) is 18.3. The number of aromatic hydroxyl groups is 1. The van der Waals surface area contributed by atoms with Crippen molar-refractivity contribution in [1.82, 2.24) is 16.0 Å². The molecule has 0 aliphatic rings. The van der Waals surface area contributed by atoms with Gasteiger partial charge in [0.2, 0.25) is 23.6 Å². The summed E-state index contributed by atoms with van der Waals surface area (Å²) < 4.78 is 0. The summed E-state index contributed by atoms with van der Waals surface area (Å²) in [7, 11) is 0.